The Morgan fingerprint density at radius 3 is 1.01 bits per heavy atom. The van der Waals surface area contributed by atoms with Crippen molar-refractivity contribution >= 4 is 87.7 Å². The number of carbonyl (C=O) groups excluding carboxylic acids is 12. The zero-order valence-electron chi connectivity index (χ0n) is 61.1. The Hall–Kier alpha value is -7.16. The van der Waals surface area contributed by atoms with Gasteiger partial charge in [0.2, 0.25) is 6.54 Å². The Labute approximate surface area is 564 Å². The van der Waals surface area contributed by atoms with Crippen LogP contribution >= 0.6 is 12.6 Å². The van der Waals surface area contributed by atoms with E-state index < -0.39 is 115 Å². The van der Waals surface area contributed by atoms with Gasteiger partial charge in [-0.05, 0) is 157 Å². The zero-order valence-corrected chi connectivity index (χ0v) is 62.0. The minimum absolute atomic E-state index is 0.0915. The Bertz CT molecular complexity index is 3210. The van der Waals surface area contributed by atoms with Crippen LogP contribution in [-0.4, -0.2) is 179 Å². The normalized spacial score (nSPS) is 24.0. The molecule has 7 atom stereocenters. The quantitative estimate of drug-likeness (QED) is 0.0289. The lowest BCUT2D eigenvalue weighted by Gasteiger charge is -2.39. The van der Waals surface area contributed by atoms with Gasteiger partial charge in [-0.25, -0.2) is 0 Å². The molecular weight excluding hydrogens is 1250 g/mol. The fourth-order valence-corrected chi connectivity index (χ4v) is 12.6. The highest BCUT2D eigenvalue weighted by molar-refractivity contribution is 7.80. The summed E-state index contributed by atoms with van der Waals surface area (Å²) in [5, 5.41) is 33.5. The van der Waals surface area contributed by atoms with E-state index in [2.05, 4.69) is 17.8 Å². The van der Waals surface area contributed by atoms with E-state index in [4.69, 9.17) is 28.9 Å². The van der Waals surface area contributed by atoms with E-state index in [1.807, 2.05) is 39.6 Å². The number of nitro groups is 1. The van der Waals surface area contributed by atoms with E-state index in [0.717, 1.165) is 5.06 Å². The smallest absolute Gasteiger partial charge is 0.213 e. The second kappa shape index (κ2) is 33.2. The van der Waals surface area contributed by atoms with Crippen LogP contribution in [0.5, 0.6) is 0 Å². The fraction of sp³-hybridized carbons (Fsp3) is 0.667. The molecule has 0 radical (unpaired) electrons. The number of ether oxygens (including phenoxy) is 5. The van der Waals surface area contributed by atoms with E-state index in [1.54, 1.807) is 118 Å². The summed E-state index contributed by atoms with van der Waals surface area (Å²) < 4.78 is 26.0. The van der Waals surface area contributed by atoms with Gasteiger partial charge in [-0.3, -0.25) is 72.5 Å². The van der Waals surface area contributed by atoms with Gasteiger partial charge in [0, 0.05) is 50.8 Å². The van der Waals surface area contributed by atoms with Crippen LogP contribution in [0.15, 0.2) is 61.8 Å². The van der Waals surface area contributed by atoms with Gasteiger partial charge in [0.1, 0.15) is 52.6 Å². The molecular formula is C69H104N4O21S. The van der Waals surface area contributed by atoms with Crippen LogP contribution in [0.2, 0.25) is 0 Å². The highest BCUT2D eigenvalue weighted by atomic mass is 32.1. The van der Waals surface area contributed by atoms with E-state index in [1.165, 1.54) is 49.4 Å². The summed E-state index contributed by atoms with van der Waals surface area (Å²) in [7, 11) is 9.00. The molecule has 0 aliphatic heterocycles. The molecule has 0 aromatic rings. The first-order valence-electron chi connectivity index (χ1n) is 31.2. The van der Waals surface area contributed by atoms with Crippen molar-refractivity contribution in [2.75, 3.05) is 54.9 Å². The first kappa shape index (κ1) is 85.9. The summed E-state index contributed by atoms with van der Waals surface area (Å²) >= 11 is 4.06. The molecule has 0 amide bonds. The average molecular weight is 1360 g/mol. The Morgan fingerprint density at radius 1 is 0.484 bits per heavy atom. The van der Waals surface area contributed by atoms with Crippen molar-refractivity contribution in [1.82, 2.24) is 9.96 Å². The Balaban J connectivity index is 0.000000594. The van der Waals surface area contributed by atoms with Gasteiger partial charge < -0.3 is 34.1 Å². The second-order valence-electron chi connectivity index (χ2n) is 27.9. The average Bonchev–Trinajstić information content (AvgIpc) is 0.798. The first-order valence-corrected chi connectivity index (χ1v) is 31.8. The van der Waals surface area contributed by atoms with Crippen molar-refractivity contribution in [3.8, 4) is 0 Å². The van der Waals surface area contributed by atoms with Crippen molar-refractivity contribution in [2.45, 2.75) is 183 Å². The highest BCUT2D eigenvalue weighted by Crippen LogP contribution is 2.44. The van der Waals surface area contributed by atoms with Crippen LogP contribution in [0, 0.1) is 72.7 Å². The summed E-state index contributed by atoms with van der Waals surface area (Å²) in [5.41, 5.74) is -2.48. The van der Waals surface area contributed by atoms with Crippen molar-refractivity contribution in [3.63, 3.8) is 0 Å². The molecule has 0 fully saturated rings. The first-order chi connectivity index (χ1) is 43.3. The fourth-order valence-electron chi connectivity index (χ4n) is 12.4. The molecule has 7 unspecified atom stereocenters. The number of nitrogens with zero attached hydrogens (tertiary/aromatic N) is 4. The molecule has 0 spiro atoms. The summed E-state index contributed by atoms with van der Waals surface area (Å²) in [6.45, 7) is 38.4. The summed E-state index contributed by atoms with van der Waals surface area (Å²) in [6, 6.07) is -2.01. The lowest BCUT2D eigenvalue weighted by molar-refractivity contribution is -0.484. The summed E-state index contributed by atoms with van der Waals surface area (Å²) in [4.78, 5) is 160. The summed E-state index contributed by atoms with van der Waals surface area (Å²) in [6.07, 6.45) is 0. The molecule has 0 bridgehead atoms. The molecule has 5 rings (SSSR count). The third-order valence-electron chi connectivity index (χ3n) is 18.3. The highest BCUT2D eigenvalue weighted by Gasteiger charge is 2.55. The summed E-state index contributed by atoms with van der Waals surface area (Å²) in [5.74, 6) is -7.84. The van der Waals surface area contributed by atoms with Gasteiger partial charge in [-0.15, -0.1) is 0 Å². The number of carbonyl (C=O) groups is 12. The monoisotopic (exact) mass is 1360 g/mol. The van der Waals surface area contributed by atoms with Gasteiger partial charge >= 0.3 is 0 Å². The number of ketones is 12. The Kier molecular flexibility index (Phi) is 30.0. The van der Waals surface area contributed by atoms with Gasteiger partial charge in [-0.1, -0.05) is 25.9 Å². The molecule has 25 nitrogen and oxygen atoms in total. The van der Waals surface area contributed by atoms with Crippen molar-refractivity contribution in [1.29, 1.82) is 0 Å². The van der Waals surface area contributed by atoms with Gasteiger partial charge in [-0.2, -0.15) is 17.7 Å². The number of hydrogen-bond donors (Lipinski definition) is 3. The number of Topliss-reactive ketones (excluding diaryl/α,β-unsaturated/α-hetero) is 12. The van der Waals surface area contributed by atoms with Crippen molar-refractivity contribution < 1.29 is 96.6 Å². The lowest BCUT2D eigenvalue weighted by atomic mass is 9.68. The number of rotatable bonds is 18. The molecule has 0 heterocycles. The van der Waals surface area contributed by atoms with Gasteiger partial charge in [0.15, 0.2) is 75.4 Å². The topological polar surface area (TPSA) is 353 Å². The number of thiol groups is 1. The largest absolute Gasteiger partial charge is 0.500 e. The van der Waals surface area contributed by atoms with Gasteiger partial charge in [0.05, 0.1) is 74.3 Å². The predicted molar refractivity (Wildman–Crippen MR) is 355 cm³/mol. The Morgan fingerprint density at radius 2 is 0.747 bits per heavy atom. The molecule has 532 valence electrons. The number of hydroxylamine groups is 2. The molecule has 95 heavy (non-hydrogen) atoms. The number of hydrogen-bond acceptors (Lipinski definition) is 25. The SMILES string of the molecule is COC1=C(C)C(=O)C(/C(=N/O)C(C)C)C(=O)C1(C)C.COC1=C(C)C(=O)C(C(=O)C(C)CS)C(=O)C1(C)C.COC1=C(C)C(=O)C(C(=O)C(C)C[N+](=O)[O-])C(=O)C1(C)C.COC1=C(C)C(=O)C(N(C)C(C)C)C(=O)C1(C)C.COC1=C(C)C(=O)C(N(O)C(C)C)C(=O)C1(C)C. The molecule has 5 aliphatic carbocycles. The van der Waals surface area contributed by atoms with Crippen LogP contribution in [0.4, 0.5) is 0 Å². The molecule has 2 N–H and O–H groups in total. The molecule has 0 aromatic carbocycles. The third-order valence-corrected chi connectivity index (χ3v) is 18.9. The molecule has 26 heteroatoms. The second-order valence-corrected chi connectivity index (χ2v) is 28.2. The van der Waals surface area contributed by atoms with Crippen LogP contribution in [0.3, 0.4) is 0 Å². The van der Waals surface area contributed by atoms with Crippen LogP contribution in [0.1, 0.15) is 159 Å². The molecule has 0 aromatic heterocycles. The lowest BCUT2D eigenvalue weighted by Crippen LogP contribution is -2.56. The standard InChI is InChI=1S/C14H19NO6.C14H21NO4.C14H23NO3.C14H20O4S.C13H21NO4/c1-7(6-15(19)20)10(16)9-11(17)8(2)13(21-5)14(3,4)12(9)18;1-7(2)10(15-18)9-11(16)8(3)13(19-6)14(4,5)12(9)17;1-8(2)15(6)10-11(16)9(3)13(18-7)14(4,5)12(10)17;1-7(6-19)10(15)9-11(16)8(2)13(18-5)14(3,4)12(9)17;1-7(2)14(17)9-10(15)8(3)12(18-6)13(4,5)11(9)16/h7,9H,6H2,1-5H3;7,9,18H,1-6H3;8,10H,1-7H3;7,9,19H,6H2,1-5H3;7,9,17H,1-6H3/b;15-10+;;;. The number of likely N-dealkylation sites (N-methyl/N-ethyl adjacent to an activating group) is 1. The number of methoxy groups -OCH3 is 5. The van der Waals surface area contributed by atoms with E-state index >= 15 is 0 Å². The van der Waals surface area contributed by atoms with E-state index in [9.17, 15) is 72.9 Å². The van der Waals surface area contributed by atoms with Crippen molar-refractivity contribution in [3.05, 3.63) is 66.8 Å². The number of oxime groups is 1. The van der Waals surface area contributed by atoms with Crippen LogP contribution < -0.4 is 0 Å². The third kappa shape index (κ3) is 17.2. The minimum atomic E-state index is -1.48. The van der Waals surface area contributed by atoms with Crippen molar-refractivity contribution in [2.24, 2.45) is 67.7 Å². The predicted octanol–water partition coefficient (Wildman–Crippen LogP) is 8.55. The molecule has 0 saturated carbocycles. The number of allylic oxidation sites excluding steroid dienone is 8. The molecule has 5 aliphatic rings. The van der Waals surface area contributed by atoms with E-state index in [-0.39, 0.29) is 69.7 Å². The minimum Gasteiger partial charge on any atom is -0.500 e. The maximum Gasteiger partial charge on any atom is 0.213 e. The zero-order chi connectivity index (χ0) is 74.9. The van der Waals surface area contributed by atoms with E-state index in [0.29, 0.717) is 51.1 Å². The van der Waals surface area contributed by atoms with Crippen LogP contribution in [-0.2, 0) is 81.2 Å². The molecule has 0 saturated heterocycles. The van der Waals surface area contributed by atoms with Gasteiger partial charge in [0.25, 0.3) is 0 Å². The maximum absolute atomic E-state index is 12.6. The maximum atomic E-state index is 12.6. The van der Waals surface area contributed by atoms with Crippen LogP contribution in [0.25, 0.3) is 0 Å².